The second-order valence-electron chi connectivity index (χ2n) is 14.1. The SMILES string of the molecule is c1ccc(-c2ccc(-c3cc(-c4ccc5c(c4)c4ccccc4c4cccc(-c6ccc7c(c6)oc6ccccc67)c45)nc(-c4ccccc4)n3)cc2)cc1. The Bertz CT molecular complexity index is 3240. The zero-order chi connectivity index (χ0) is 36.3. The van der Waals surface area contributed by atoms with Gasteiger partial charge in [-0.05, 0) is 84.9 Å². The van der Waals surface area contributed by atoms with Crippen molar-refractivity contribution in [2.45, 2.75) is 0 Å². The number of hydrogen-bond donors (Lipinski definition) is 0. The molecule has 9 aromatic carbocycles. The van der Waals surface area contributed by atoms with Crippen molar-refractivity contribution in [3.63, 3.8) is 0 Å². The number of benzene rings is 9. The minimum atomic E-state index is 0.701. The lowest BCUT2D eigenvalue weighted by Gasteiger charge is -2.16. The van der Waals surface area contributed by atoms with Gasteiger partial charge >= 0.3 is 0 Å². The van der Waals surface area contributed by atoms with Gasteiger partial charge in [0.05, 0.1) is 11.4 Å². The van der Waals surface area contributed by atoms with Crippen LogP contribution >= 0.6 is 0 Å². The fraction of sp³-hybridized carbons (Fsp3) is 0. The van der Waals surface area contributed by atoms with Crippen LogP contribution in [0.3, 0.4) is 0 Å². The van der Waals surface area contributed by atoms with Gasteiger partial charge in [-0.3, -0.25) is 0 Å². The average Bonchev–Trinajstić information content (AvgIpc) is 3.64. The van der Waals surface area contributed by atoms with Gasteiger partial charge in [-0.25, -0.2) is 9.97 Å². The highest BCUT2D eigenvalue weighted by Crippen LogP contribution is 2.43. The lowest BCUT2D eigenvalue weighted by molar-refractivity contribution is 0.669. The summed E-state index contributed by atoms with van der Waals surface area (Å²) >= 11 is 0. The van der Waals surface area contributed by atoms with E-state index in [1.54, 1.807) is 0 Å². The Labute approximate surface area is 317 Å². The smallest absolute Gasteiger partial charge is 0.160 e. The molecule has 0 aliphatic carbocycles. The van der Waals surface area contributed by atoms with E-state index in [2.05, 4.69) is 158 Å². The second kappa shape index (κ2) is 12.6. The molecule has 0 radical (unpaired) electrons. The third-order valence-electron chi connectivity index (χ3n) is 10.9. The van der Waals surface area contributed by atoms with E-state index < -0.39 is 0 Å². The zero-order valence-electron chi connectivity index (χ0n) is 29.8. The van der Waals surface area contributed by atoms with Gasteiger partial charge in [0.1, 0.15) is 11.2 Å². The van der Waals surface area contributed by atoms with E-state index in [0.717, 1.165) is 55.6 Å². The van der Waals surface area contributed by atoms with Crippen molar-refractivity contribution in [2.75, 3.05) is 0 Å². The molecule has 11 rings (SSSR count). The maximum Gasteiger partial charge on any atom is 0.160 e. The normalized spacial score (nSPS) is 11.6. The maximum atomic E-state index is 6.35. The summed E-state index contributed by atoms with van der Waals surface area (Å²) in [6.45, 7) is 0. The monoisotopic (exact) mass is 700 g/mol. The molecule has 0 atom stereocenters. The summed E-state index contributed by atoms with van der Waals surface area (Å²) in [4.78, 5) is 10.3. The Balaban J connectivity index is 1.11. The molecule has 55 heavy (non-hydrogen) atoms. The minimum absolute atomic E-state index is 0.701. The van der Waals surface area contributed by atoms with Crippen LogP contribution in [0.1, 0.15) is 0 Å². The van der Waals surface area contributed by atoms with Crippen LogP contribution in [0.4, 0.5) is 0 Å². The van der Waals surface area contributed by atoms with Crippen LogP contribution in [-0.2, 0) is 0 Å². The third kappa shape index (κ3) is 5.28. The Morgan fingerprint density at radius 3 is 1.60 bits per heavy atom. The molecule has 256 valence electrons. The highest BCUT2D eigenvalue weighted by molar-refractivity contribution is 6.29. The van der Waals surface area contributed by atoms with Crippen molar-refractivity contribution in [3.8, 4) is 56.2 Å². The summed E-state index contributed by atoms with van der Waals surface area (Å²) in [6, 6.07) is 68.6. The van der Waals surface area contributed by atoms with Crippen LogP contribution in [0.25, 0.3) is 110 Å². The second-order valence-corrected chi connectivity index (χ2v) is 14.1. The average molecular weight is 701 g/mol. The Kier molecular flexibility index (Phi) is 7.17. The van der Waals surface area contributed by atoms with Gasteiger partial charge in [0, 0.05) is 27.5 Å². The number of furan rings is 1. The molecule has 0 aliphatic rings. The number of rotatable bonds is 5. The molecule has 0 unspecified atom stereocenters. The molecule has 0 amide bonds. The minimum Gasteiger partial charge on any atom is -0.456 e. The van der Waals surface area contributed by atoms with Gasteiger partial charge in [0.2, 0.25) is 0 Å². The summed E-state index contributed by atoms with van der Waals surface area (Å²) in [5.41, 5.74) is 11.3. The van der Waals surface area contributed by atoms with Crippen LogP contribution in [0.5, 0.6) is 0 Å². The lowest BCUT2D eigenvalue weighted by atomic mass is 9.88. The predicted octanol–water partition coefficient (Wildman–Crippen LogP) is 14.2. The van der Waals surface area contributed by atoms with Gasteiger partial charge in [0.15, 0.2) is 5.82 Å². The van der Waals surface area contributed by atoms with Crippen LogP contribution in [0.15, 0.2) is 199 Å². The Morgan fingerprint density at radius 1 is 0.291 bits per heavy atom. The van der Waals surface area contributed by atoms with E-state index in [-0.39, 0.29) is 0 Å². The van der Waals surface area contributed by atoms with Crippen molar-refractivity contribution in [1.29, 1.82) is 0 Å². The summed E-state index contributed by atoms with van der Waals surface area (Å²) in [5.74, 6) is 0.701. The standard InChI is InChI=1S/C52H32N2O/c1-3-12-33(13-4-1)34-22-24-35(25-23-34)47-32-48(54-52(53-47)36-14-5-2-6-15-36)38-27-29-45-46(30-38)41-17-8-7-16-40(41)44-20-11-19-39(51(44)45)37-26-28-43-42-18-9-10-21-49(42)55-50(43)31-37/h1-32H. The van der Waals surface area contributed by atoms with Crippen molar-refractivity contribution >= 4 is 54.3 Å². The maximum absolute atomic E-state index is 6.35. The van der Waals surface area contributed by atoms with Crippen molar-refractivity contribution in [3.05, 3.63) is 194 Å². The molecule has 2 aromatic heterocycles. The summed E-state index contributed by atoms with van der Waals surface area (Å²) in [6.07, 6.45) is 0. The molecular weight excluding hydrogens is 669 g/mol. The van der Waals surface area contributed by atoms with Crippen LogP contribution in [0, 0.1) is 0 Å². The van der Waals surface area contributed by atoms with E-state index >= 15 is 0 Å². The van der Waals surface area contributed by atoms with E-state index in [9.17, 15) is 0 Å². The highest BCUT2D eigenvalue weighted by Gasteiger charge is 2.17. The number of aromatic nitrogens is 2. The molecule has 0 fully saturated rings. The van der Waals surface area contributed by atoms with Gasteiger partial charge in [0.25, 0.3) is 0 Å². The lowest BCUT2D eigenvalue weighted by Crippen LogP contribution is -1.96. The fourth-order valence-corrected chi connectivity index (χ4v) is 8.22. The first-order valence-electron chi connectivity index (χ1n) is 18.6. The summed E-state index contributed by atoms with van der Waals surface area (Å²) in [5, 5.41) is 9.55. The van der Waals surface area contributed by atoms with E-state index in [0.29, 0.717) is 5.82 Å². The highest BCUT2D eigenvalue weighted by atomic mass is 16.3. The van der Waals surface area contributed by atoms with Crippen molar-refractivity contribution in [1.82, 2.24) is 9.97 Å². The van der Waals surface area contributed by atoms with Crippen molar-refractivity contribution < 1.29 is 4.42 Å². The first-order valence-corrected chi connectivity index (χ1v) is 18.6. The molecule has 2 heterocycles. The number of hydrogen-bond acceptors (Lipinski definition) is 3. The number of nitrogens with zero attached hydrogens (tertiary/aromatic N) is 2. The fourth-order valence-electron chi connectivity index (χ4n) is 8.22. The van der Waals surface area contributed by atoms with Crippen LogP contribution in [-0.4, -0.2) is 9.97 Å². The molecule has 0 N–H and O–H groups in total. The molecule has 0 saturated carbocycles. The molecule has 0 spiro atoms. The molecule has 11 aromatic rings. The van der Waals surface area contributed by atoms with E-state index in [1.165, 1.54) is 49.0 Å². The van der Waals surface area contributed by atoms with Gasteiger partial charge in [-0.15, -0.1) is 0 Å². The molecule has 3 heteroatoms. The first-order chi connectivity index (χ1) is 27.2. The Morgan fingerprint density at radius 2 is 0.818 bits per heavy atom. The third-order valence-corrected chi connectivity index (χ3v) is 10.9. The van der Waals surface area contributed by atoms with E-state index in [4.69, 9.17) is 14.4 Å². The topological polar surface area (TPSA) is 38.9 Å². The van der Waals surface area contributed by atoms with Gasteiger partial charge in [-0.2, -0.15) is 0 Å². The van der Waals surface area contributed by atoms with E-state index in [1.807, 2.05) is 36.4 Å². The number of fused-ring (bicyclic) bond motifs is 9. The molecule has 0 aliphatic heterocycles. The quantitative estimate of drug-likeness (QED) is 0.168. The predicted molar refractivity (Wildman–Crippen MR) is 229 cm³/mol. The molecule has 3 nitrogen and oxygen atoms in total. The zero-order valence-corrected chi connectivity index (χ0v) is 29.8. The Hall–Kier alpha value is -7.36. The van der Waals surface area contributed by atoms with Crippen LogP contribution < -0.4 is 0 Å². The largest absolute Gasteiger partial charge is 0.456 e. The van der Waals surface area contributed by atoms with Crippen molar-refractivity contribution in [2.24, 2.45) is 0 Å². The summed E-state index contributed by atoms with van der Waals surface area (Å²) < 4.78 is 6.35. The first kappa shape index (κ1) is 31.2. The number of para-hydroxylation sites is 1. The van der Waals surface area contributed by atoms with Gasteiger partial charge in [-0.1, -0.05) is 164 Å². The summed E-state index contributed by atoms with van der Waals surface area (Å²) in [7, 11) is 0. The molecule has 0 bridgehead atoms. The van der Waals surface area contributed by atoms with Crippen LogP contribution in [0.2, 0.25) is 0 Å². The molecular formula is C52H32N2O. The molecule has 0 saturated heterocycles. The van der Waals surface area contributed by atoms with Gasteiger partial charge < -0.3 is 4.42 Å².